The molecule has 0 saturated carbocycles. The monoisotopic (exact) mass is 437 g/mol. The zero-order valence-corrected chi connectivity index (χ0v) is 17.5. The maximum atomic E-state index is 13.5. The van der Waals surface area contributed by atoms with Crippen molar-refractivity contribution in [1.29, 1.82) is 0 Å². The minimum absolute atomic E-state index is 0.0267. The first kappa shape index (κ1) is 20.8. The highest BCUT2D eigenvalue weighted by Gasteiger charge is 2.46. The van der Waals surface area contributed by atoms with Crippen molar-refractivity contribution in [3.8, 4) is 0 Å². The number of aryl methyl sites for hydroxylation is 1. The summed E-state index contributed by atoms with van der Waals surface area (Å²) in [5.74, 6) is -2.09. The SMILES string of the molecule is Cc1ccc(S(=O)(=O)C2=C(O)C(=O)N(Cc3ccccc3)[C@@H]2c2ccc(F)cc2)cc1. The minimum Gasteiger partial charge on any atom is -0.502 e. The lowest BCUT2D eigenvalue weighted by molar-refractivity contribution is -0.130. The van der Waals surface area contributed by atoms with E-state index < -0.39 is 38.3 Å². The Hall–Kier alpha value is -3.45. The summed E-state index contributed by atoms with van der Waals surface area (Å²) in [7, 11) is -4.20. The van der Waals surface area contributed by atoms with Crippen LogP contribution >= 0.6 is 0 Å². The normalized spacial score (nSPS) is 16.8. The zero-order chi connectivity index (χ0) is 22.2. The highest BCUT2D eigenvalue weighted by molar-refractivity contribution is 7.95. The number of nitrogens with zero attached hydrogens (tertiary/aromatic N) is 1. The first-order valence-electron chi connectivity index (χ1n) is 9.64. The predicted molar refractivity (Wildman–Crippen MR) is 114 cm³/mol. The van der Waals surface area contributed by atoms with Crippen LogP contribution < -0.4 is 0 Å². The Labute approximate surface area is 180 Å². The van der Waals surface area contributed by atoms with Crippen LogP contribution in [0.3, 0.4) is 0 Å². The Morgan fingerprint density at radius 3 is 2.16 bits per heavy atom. The van der Waals surface area contributed by atoms with Crippen LogP contribution in [-0.4, -0.2) is 24.3 Å². The quantitative estimate of drug-likeness (QED) is 0.640. The van der Waals surface area contributed by atoms with E-state index in [1.165, 1.54) is 41.3 Å². The summed E-state index contributed by atoms with van der Waals surface area (Å²) >= 11 is 0. The topological polar surface area (TPSA) is 74.7 Å². The van der Waals surface area contributed by atoms with Gasteiger partial charge in [-0.15, -0.1) is 0 Å². The summed E-state index contributed by atoms with van der Waals surface area (Å²) in [6.07, 6.45) is 0. The fourth-order valence-corrected chi connectivity index (χ4v) is 5.32. The zero-order valence-electron chi connectivity index (χ0n) is 16.7. The molecular formula is C24H20FNO4S. The molecule has 3 aromatic carbocycles. The molecule has 1 atom stereocenters. The van der Waals surface area contributed by atoms with Crippen molar-refractivity contribution in [1.82, 2.24) is 4.90 Å². The van der Waals surface area contributed by atoms with Gasteiger partial charge in [-0.1, -0.05) is 60.2 Å². The van der Waals surface area contributed by atoms with Crippen LogP contribution in [0.25, 0.3) is 0 Å². The average molecular weight is 437 g/mol. The van der Waals surface area contributed by atoms with Gasteiger partial charge in [-0.3, -0.25) is 4.79 Å². The Morgan fingerprint density at radius 2 is 1.55 bits per heavy atom. The molecule has 1 aliphatic heterocycles. The van der Waals surface area contributed by atoms with E-state index in [0.29, 0.717) is 5.56 Å². The van der Waals surface area contributed by atoms with E-state index in [0.717, 1.165) is 11.1 Å². The molecule has 0 bridgehead atoms. The maximum Gasteiger partial charge on any atom is 0.290 e. The van der Waals surface area contributed by atoms with Crippen LogP contribution in [0, 0.1) is 12.7 Å². The second-order valence-electron chi connectivity index (χ2n) is 7.40. The van der Waals surface area contributed by atoms with Gasteiger partial charge in [0.05, 0.1) is 10.9 Å². The van der Waals surface area contributed by atoms with Gasteiger partial charge in [-0.2, -0.15) is 0 Å². The van der Waals surface area contributed by atoms with Gasteiger partial charge in [-0.05, 0) is 42.3 Å². The second-order valence-corrected chi connectivity index (χ2v) is 9.32. The molecule has 0 radical (unpaired) electrons. The molecular weight excluding hydrogens is 417 g/mol. The number of halogens is 1. The van der Waals surface area contributed by atoms with Gasteiger partial charge in [0.2, 0.25) is 9.84 Å². The smallest absolute Gasteiger partial charge is 0.290 e. The summed E-state index contributed by atoms with van der Waals surface area (Å²) in [6.45, 7) is 1.91. The molecule has 0 saturated heterocycles. The van der Waals surface area contributed by atoms with E-state index in [1.807, 2.05) is 13.0 Å². The standard InChI is InChI=1S/C24H20FNO4S/c1-16-7-13-20(14-8-16)31(29,30)23-21(18-9-11-19(25)12-10-18)26(24(28)22(23)27)15-17-5-3-2-4-6-17/h2-14,21,27H,15H2,1H3/t21-/m1/s1. The largest absolute Gasteiger partial charge is 0.502 e. The van der Waals surface area contributed by atoms with Crippen molar-refractivity contribution >= 4 is 15.7 Å². The molecule has 158 valence electrons. The van der Waals surface area contributed by atoms with Crippen LogP contribution in [0.2, 0.25) is 0 Å². The number of amides is 1. The molecule has 0 spiro atoms. The highest BCUT2D eigenvalue weighted by atomic mass is 32.2. The predicted octanol–water partition coefficient (Wildman–Crippen LogP) is 4.46. The van der Waals surface area contributed by atoms with E-state index >= 15 is 0 Å². The number of benzene rings is 3. The summed E-state index contributed by atoms with van der Waals surface area (Å²) < 4.78 is 40.5. The lowest BCUT2D eigenvalue weighted by Crippen LogP contribution is -2.30. The summed E-state index contributed by atoms with van der Waals surface area (Å²) in [6, 6.07) is 19.4. The van der Waals surface area contributed by atoms with Crippen molar-refractivity contribution < 1.29 is 22.7 Å². The number of aliphatic hydroxyl groups excluding tert-OH is 1. The molecule has 5 nitrogen and oxygen atoms in total. The molecule has 4 rings (SSSR count). The molecule has 7 heteroatoms. The van der Waals surface area contributed by atoms with Gasteiger partial charge >= 0.3 is 0 Å². The van der Waals surface area contributed by atoms with Crippen LogP contribution in [0.1, 0.15) is 22.7 Å². The van der Waals surface area contributed by atoms with Crippen molar-refractivity contribution in [3.63, 3.8) is 0 Å². The van der Waals surface area contributed by atoms with Gasteiger partial charge in [-0.25, -0.2) is 12.8 Å². The molecule has 1 N–H and O–H groups in total. The summed E-state index contributed by atoms with van der Waals surface area (Å²) in [5, 5.41) is 10.7. The third-order valence-corrected chi connectivity index (χ3v) is 7.15. The number of hydrogen-bond donors (Lipinski definition) is 1. The van der Waals surface area contributed by atoms with Crippen LogP contribution in [0.4, 0.5) is 4.39 Å². The summed E-state index contributed by atoms with van der Waals surface area (Å²) in [4.78, 5) is 13.8. The fourth-order valence-electron chi connectivity index (χ4n) is 3.67. The van der Waals surface area contributed by atoms with E-state index in [1.54, 1.807) is 36.4 Å². The molecule has 1 aliphatic rings. The third-order valence-electron chi connectivity index (χ3n) is 5.26. The van der Waals surface area contributed by atoms with Crippen molar-refractivity contribution in [3.05, 3.63) is 112 Å². The maximum absolute atomic E-state index is 13.5. The number of sulfone groups is 1. The Kier molecular flexibility index (Phi) is 5.37. The van der Waals surface area contributed by atoms with Gasteiger partial charge in [0, 0.05) is 6.54 Å². The second kappa shape index (κ2) is 8.00. The van der Waals surface area contributed by atoms with E-state index in [2.05, 4.69) is 0 Å². The Balaban J connectivity index is 1.86. The molecule has 0 unspecified atom stereocenters. The summed E-state index contributed by atoms with van der Waals surface area (Å²) in [5.41, 5.74) is 2.03. The molecule has 31 heavy (non-hydrogen) atoms. The molecule has 3 aromatic rings. The molecule has 0 aromatic heterocycles. The van der Waals surface area contributed by atoms with E-state index in [4.69, 9.17) is 0 Å². The Morgan fingerprint density at radius 1 is 0.935 bits per heavy atom. The number of aliphatic hydroxyl groups is 1. The van der Waals surface area contributed by atoms with Gasteiger partial charge < -0.3 is 10.0 Å². The van der Waals surface area contributed by atoms with Gasteiger partial charge in [0.1, 0.15) is 10.7 Å². The minimum atomic E-state index is -4.20. The van der Waals surface area contributed by atoms with Crippen LogP contribution in [-0.2, 0) is 21.2 Å². The highest BCUT2D eigenvalue weighted by Crippen LogP contribution is 2.43. The molecule has 0 aliphatic carbocycles. The van der Waals surface area contributed by atoms with E-state index in [-0.39, 0.29) is 11.4 Å². The lowest BCUT2D eigenvalue weighted by Gasteiger charge is -2.27. The first-order chi connectivity index (χ1) is 14.8. The third kappa shape index (κ3) is 3.84. The Bertz CT molecular complexity index is 1250. The molecule has 1 heterocycles. The lowest BCUT2D eigenvalue weighted by atomic mass is 10.1. The van der Waals surface area contributed by atoms with Crippen molar-refractivity contribution in [2.24, 2.45) is 0 Å². The van der Waals surface area contributed by atoms with Gasteiger partial charge in [0.25, 0.3) is 5.91 Å². The molecule has 0 fully saturated rings. The van der Waals surface area contributed by atoms with E-state index in [9.17, 15) is 22.7 Å². The van der Waals surface area contributed by atoms with Crippen molar-refractivity contribution in [2.75, 3.05) is 0 Å². The fraction of sp³-hybridized carbons (Fsp3) is 0.125. The number of carbonyl (C=O) groups is 1. The van der Waals surface area contributed by atoms with Crippen molar-refractivity contribution in [2.45, 2.75) is 24.4 Å². The first-order valence-corrected chi connectivity index (χ1v) is 11.1. The van der Waals surface area contributed by atoms with Gasteiger partial charge in [0.15, 0.2) is 5.76 Å². The number of rotatable bonds is 5. The van der Waals surface area contributed by atoms with Crippen LogP contribution in [0.15, 0.2) is 94.4 Å². The van der Waals surface area contributed by atoms with Crippen LogP contribution in [0.5, 0.6) is 0 Å². The average Bonchev–Trinajstić information content (AvgIpc) is 3.01. The molecule has 1 amide bonds. The number of carbonyl (C=O) groups excluding carboxylic acids is 1. The number of hydrogen-bond acceptors (Lipinski definition) is 4.